The second kappa shape index (κ2) is 2.12. The lowest BCUT2D eigenvalue weighted by atomic mass is 10.2. The summed E-state index contributed by atoms with van der Waals surface area (Å²) in [7, 11) is 0. The molecule has 0 atom stereocenters. The molecule has 1 aromatic rings. The van der Waals surface area contributed by atoms with Crippen molar-refractivity contribution in [3.05, 3.63) is 17.5 Å². The van der Waals surface area contributed by atoms with Crippen molar-refractivity contribution in [3.8, 4) is 0 Å². The van der Waals surface area contributed by atoms with Gasteiger partial charge in [0.2, 0.25) is 0 Å². The molecule has 3 nitrogen and oxygen atoms in total. The summed E-state index contributed by atoms with van der Waals surface area (Å²) in [5.74, 6) is -2.73. The fourth-order valence-corrected chi connectivity index (χ4v) is 1.37. The van der Waals surface area contributed by atoms with Crippen LogP contribution in [0.1, 0.15) is 16.1 Å². The van der Waals surface area contributed by atoms with E-state index in [0.29, 0.717) is 12.0 Å². The first-order valence-electron chi connectivity index (χ1n) is 3.50. The zero-order valence-electron chi connectivity index (χ0n) is 6.13. The van der Waals surface area contributed by atoms with Gasteiger partial charge in [-0.2, -0.15) is 5.10 Å². The highest BCUT2D eigenvalue weighted by Crippen LogP contribution is 2.30. The van der Waals surface area contributed by atoms with E-state index in [0.717, 1.165) is 0 Å². The third-order valence-corrected chi connectivity index (χ3v) is 1.92. The molecule has 2 rings (SSSR count). The maximum Gasteiger partial charge on any atom is 0.272 e. The number of halogens is 2. The molecule has 64 valence electrons. The summed E-state index contributed by atoms with van der Waals surface area (Å²) < 4.78 is 26.6. The predicted octanol–water partition coefficient (Wildman–Crippen LogP) is 0.887. The van der Waals surface area contributed by atoms with E-state index in [2.05, 4.69) is 5.10 Å². The quantitative estimate of drug-likeness (QED) is 0.589. The molecule has 0 amide bonds. The number of carbonyl (C=O) groups is 1. The Morgan fingerprint density at radius 3 is 3.08 bits per heavy atom. The predicted molar refractivity (Wildman–Crippen MR) is 36.3 cm³/mol. The number of carbonyl (C=O) groups excluding carboxylic acids is 1. The minimum atomic E-state index is -2.73. The second-order valence-electron chi connectivity index (χ2n) is 2.85. The van der Waals surface area contributed by atoms with Crippen LogP contribution in [0.3, 0.4) is 0 Å². The van der Waals surface area contributed by atoms with Gasteiger partial charge < -0.3 is 0 Å². The van der Waals surface area contributed by atoms with E-state index in [4.69, 9.17) is 0 Å². The first-order valence-corrected chi connectivity index (χ1v) is 3.50. The van der Waals surface area contributed by atoms with Crippen molar-refractivity contribution < 1.29 is 13.6 Å². The molecule has 0 fully saturated rings. The van der Waals surface area contributed by atoms with E-state index in [9.17, 15) is 13.6 Å². The van der Waals surface area contributed by atoms with Crippen molar-refractivity contribution in [2.45, 2.75) is 18.9 Å². The minimum Gasteiger partial charge on any atom is -0.298 e. The third kappa shape index (κ3) is 0.929. The molecule has 1 aromatic heterocycles. The molecule has 2 heterocycles. The van der Waals surface area contributed by atoms with Gasteiger partial charge in [0.25, 0.3) is 5.92 Å². The lowest BCUT2D eigenvalue weighted by molar-refractivity contribution is 0.000950. The van der Waals surface area contributed by atoms with Crippen molar-refractivity contribution in [2.24, 2.45) is 0 Å². The summed E-state index contributed by atoms with van der Waals surface area (Å²) >= 11 is 0. The Labute approximate surface area is 67.0 Å². The highest BCUT2D eigenvalue weighted by Gasteiger charge is 2.39. The molecule has 0 spiro atoms. The molecule has 5 heteroatoms. The standard InChI is InChI=1S/C7H6F2N2O/c8-7(9)1-6-5(3-12)2-10-11(6)4-7/h2-3H,1,4H2. The van der Waals surface area contributed by atoms with E-state index < -0.39 is 12.5 Å². The van der Waals surface area contributed by atoms with E-state index in [1.54, 1.807) is 0 Å². The van der Waals surface area contributed by atoms with E-state index in [-0.39, 0.29) is 12.0 Å². The number of alkyl halides is 2. The molecule has 0 aromatic carbocycles. The van der Waals surface area contributed by atoms with Crippen molar-refractivity contribution in [2.75, 3.05) is 0 Å². The van der Waals surface area contributed by atoms with Crippen LogP contribution < -0.4 is 0 Å². The van der Waals surface area contributed by atoms with Crippen LogP contribution in [0.2, 0.25) is 0 Å². The van der Waals surface area contributed by atoms with E-state index in [1.807, 2.05) is 0 Å². The topological polar surface area (TPSA) is 34.9 Å². The van der Waals surface area contributed by atoms with E-state index >= 15 is 0 Å². The molecule has 0 bridgehead atoms. The number of fused-ring (bicyclic) bond motifs is 1. The average Bonchev–Trinajstić information content (AvgIpc) is 2.42. The van der Waals surface area contributed by atoms with Gasteiger partial charge in [0.1, 0.15) is 6.54 Å². The first kappa shape index (κ1) is 7.39. The van der Waals surface area contributed by atoms with Crippen LogP contribution in [0.15, 0.2) is 6.20 Å². The van der Waals surface area contributed by atoms with Crippen LogP contribution >= 0.6 is 0 Å². The zero-order chi connectivity index (χ0) is 8.77. The number of hydrogen-bond acceptors (Lipinski definition) is 2. The van der Waals surface area contributed by atoms with Gasteiger partial charge >= 0.3 is 0 Å². The van der Waals surface area contributed by atoms with Gasteiger partial charge in [-0.25, -0.2) is 8.78 Å². The fourth-order valence-electron chi connectivity index (χ4n) is 1.37. The highest BCUT2D eigenvalue weighted by molar-refractivity contribution is 5.76. The number of aldehydes is 1. The number of nitrogens with zero attached hydrogens (tertiary/aromatic N) is 2. The Kier molecular flexibility index (Phi) is 1.31. The minimum absolute atomic E-state index is 0.271. The Hall–Kier alpha value is -1.26. The largest absolute Gasteiger partial charge is 0.298 e. The highest BCUT2D eigenvalue weighted by atomic mass is 19.3. The van der Waals surface area contributed by atoms with Gasteiger partial charge in [-0.1, -0.05) is 0 Å². The number of rotatable bonds is 1. The molecule has 0 N–H and O–H groups in total. The molecule has 1 aliphatic heterocycles. The summed E-state index contributed by atoms with van der Waals surface area (Å²) in [6.45, 7) is -0.407. The van der Waals surface area contributed by atoms with Gasteiger partial charge in [0.15, 0.2) is 6.29 Å². The Bertz CT molecular complexity index is 332. The van der Waals surface area contributed by atoms with Crippen molar-refractivity contribution in [1.29, 1.82) is 0 Å². The summed E-state index contributed by atoms with van der Waals surface area (Å²) in [6.07, 6.45) is 1.50. The molecule has 0 unspecified atom stereocenters. The molecule has 0 radical (unpaired) electrons. The van der Waals surface area contributed by atoms with Gasteiger partial charge in [0.05, 0.1) is 23.9 Å². The monoisotopic (exact) mass is 172 g/mol. The lowest BCUT2D eigenvalue weighted by Gasteiger charge is -2.04. The smallest absolute Gasteiger partial charge is 0.272 e. The average molecular weight is 172 g/mol. The van der Waals surface area contributed by atoms with Gasteiger partial charge in [-0.05, 0) is 0 Å². The molecule has 0 saturated heterocycles. The van der Waals surface area contributed by atoms with E-state index in [1.165, 1.54) is 10.9 Å². The van der Waals surface area contributed by atoms with Gasteiger partial charge in [0, 0.05) is 0 Å². The van der Waals surface area contributed by atoms with Crippen molar-refractivity contribution in [3.63, 3.8) is 0 Å². The normalized spacial score (nSPS) is 19.2. The maximum absolute atomic E-state index is 12.7. The SMILES string of the molecule is O=Cc1cnn2c1CC(F)(F)C2. The van der Waals surface area contributed by atoms with Crippen molar-refractivity contribution >= 4 is 6.29 Å². The van der Waals surface area contributed by atoms with Crippen LogP contribution in [0.4, 0.5) is 8.78 Å². The summed E-state index contributed by atoms with van der Waals surface area (Å²) in [5.41, 5.74) is 0.613. The van der Waals surface area contributed by atoms with Gasteiger partial charge in [-0.15, -0.1) is 0 Å². The first-order chi connectivity index (χ1) is 5.62. The van der Waals surface area contributed by atoms with Crippen LogP contribution in [0, 0.1) is 0 Å². The molecule has 1 aliphatic rings. The molecule has 0 saturated carbocycles. The van der Waals surface area contributed by atoms with Crippen LogP contribution in [0.25, 0.3) is 0 Å². The van der Waals surface area contributed by atoms with Crippen molar-refractivity contribution in [1.82, 2.24) is 9.78 Å². The number of aromatic nitrogens is 2. The van der Waals surface area contributed by atoms with Gasteiger partial charge in [-0.3, -0.25) is 9.48 Å². The fraction of sp³-hybridized carbons (Fsp3) is 0.429. The van der Waals surface area contributed by atoms with Crippen LogP contribution in [-0.4, -0.2) is 22.0 Å². The molecular weight excluding hydrogens is 166 g/mol. The molecule has 0 aliphatic carbocycles. The summed E-state index contributed by atoms with van der Waals surface area (Å²) in [6, 6.07) is 0. The Morgan fingerprint density at radius 2 is 2.42 bits per heavy atom. The molecular formula is C7H6F2N2O. The second-order valence-corrected chi connectivity index (χ2v) is 2.85. The molecule has 12 heavy (non-hydrogen) atoms. The number of hydrogen-bond donors (Lipinski definition) is 0. The van der Waals surface area contributed by atoms with Crippen LogP contribution in [0.5, 0.6) is 0 Å². The lowest BCUT2D eigenvalue weighted by Crippen LogP contribution is -2.17. The van der Waals surface area contributed by atoms with Crippen LogP contribution in [-0.2, 0) is 13.0 Å². The summed E-state index contributed by atoms with van der Waals surface area (Å²) in [5, 5.41) is 3.67. The maximum atomic E-state index is 12.7. The summed E-state index contributed by atoms with van der Waals surface area (Å²) in [4.78, 5) is 10.3. The third-order valence-electron chi connectivity index (χ3n) is 1.92. The zero-order valence-corrected chi connectivity index (χ0v) is 6.13. The Morgan fingerprint density at radius 1 is 1.67 bits per heavy atom. The Balaban J connectivity index is 2.43.